The van der Waals surface area contributed by atoms with Crippen LogP contribution in [0.15, 0.2) is 54.6 Å². The molecule has 0 spiro atoms. The van der Waals surface area contributed by atoms with E-state index in [0.717, 1.165) is 24.3 Å². The van der Waals surface area contributed by atoms with Crippen LogP contribution >= 0.6 is 34.8 Å². The second kappa shape index (κ2) is 9.21. The maximum Gasteiger partial charge on any atom is 0.231 e. The van der Waals surface area contributed by atoms with Crippen LogP contribution < -0.4 is 5.32 Å². The maximum atomic E-state index is 13.9. The molecule has 0 aromatic heterocycles. The van der Waals surface area contributed by atoms with Gasteiger partial charge >= 0.3 is 0 Å². The molecule has 3 aromatic carbocycles. The summed E-state index contributed by atoms with van der Waals surface area (Å²) in [4.78, 5) is 25.5. The summed E-state index contributed by atoms with van der Waals surface area (Å²) in [6, 6.07) is 9.74. The van der Waals surface area contributed by atoms with Crippen LogP contribution in [0.4, 0.5) is 23.2 Å². The maximum absolute atomic E-state index is 13.9. The lowest BCUT2D eigenvalue weighted by Crippen LogP contribution is -2.17. The van der Waals surface area contributed by atoms with E-state index in [4.69, 9.17) is 34.8 Å². The average molecular weight is 531 g/mol. The van der Waals surface area contributed by atoms with Gasteiger partial charge in [-0.25, -0.2) is 17.6 Å². The van der Waals surface area contributed by atoms with Crippen LogP contribution in [-0.2, 0) is 11.2 Å². The van der Waals surface area contributed by atoms with Crippen LogP contribution in [0.1, 0.15) is 27.4 Å². The van der Waals surface area contributed by atoms with Crippen LogP contribution in [0.3, 0.4) is 0 Å². The second-order valence-electron chi connectivity index (χ2n) is 7.85. The molecule has 0 bridgehead atoms. The van der Waals surface area contributed by atoms with Crippen molar-refractivity contribution in [3.63, 3.8) is 0 Å². The fourth-order valence-electron chi connectivity index (χ4n) is 3.79. The monoisotopic (exact) mass is 529 g/mol. The number of anilines is 1. The van der Waals surface area contributed by atoms with Crippen molar-refractivity contribution in [1.82, 2.24) is 0 Å². The predicted octanol–water partition coefficient (Wildman–Crippen LogP) is 6.85. The fourth-order valence-corrected chi connectivity index (χ4v) is 4.84. The first-order valence-electron chi connectivity index (χ1n) is 9.88. The van der Waals surface area contributed by atoms with Gasteiger partial charge in [-0.15, -0.1) is 23.2 Å². The van der Waals surface area contributed by atoms with Gasteiger partial charge < -0.3 is 5.32 Å². The third-order valence-electron chi connectivity index (χ3n) is 5.48. The highest BCUT2D eigenvalue weighted by molar-refractivity contribution is 6.53. The highest BCUT2D eigenvalue weighted by Crippen LogP contribution is 2.65. The molecule has 0 radical (unpaired) electrons. The number of halogens is 7. The summed E-state index contributed by atoms with van der Waals surface area (Å²) in [7, 11) is 0. The van der Waals surface area contributed by atoms with E-state index >= 15 is 0 Å². The second-order valence-corrected chi connectivity index (χ2v) is 9.70. The third-order valence-corrected chi connectivity index (χ3v) is 6.75. The van der Waals surface area contributed by atoms with E-state index in [2.05, 4.69) is 5.32 Å². The topological polar surface area (TPSA) is 46.2 Å². The summed E-state index contributed by atoms with van der Waals surface area (Å²) in [6.45, 7) is 0. The quantitative estimate of drug-likeness (QED) is 0.215. The SMILES string of the molecule is O=C(Cc1ccc(F)cc1F)c1cc(NC(=O)C2C(c3cc(F)cc(F)c3)C2(Cl)Cl)ccc1Cl. The van der Waals surface area contributed by atoms with Crippen molar-refractivity contribution in [3.8, 4) is 0 Å². The van der Waals surface area contributed by atoms with Gasteiger partial charge in [0.1, 0.15) is 27.6 Å². The molecule has 34 heavy (non-hydrogen) atoms. The number of ketones is 1. The van der Waals surface area contributed by atoms with E-state index in [1.54, 1.807) is 0 Å². The van der Waals surface area contributed by atoms with Gasteiger partial charge in [0.25, 0.3) is 0 Å². The fraction of sp³-hybridized carbons (Fsp3) is 0.167. The number of carbonyl (C=O) groups excluding carboxylic acids is 2. The van der Waals surface area contributed by atoms with Crippen molar-refractivity contribution >= 4 is 52.2 Å². The van der Waals surface area contributed by atoms with Crippen LogP contribution in [0.5, 0.6) is 0 Å². The van der Waals surface area contributed by atoms with E-state index in [1.807, 2.05) is 0 Å². The van der Waals surface area contributed by atoms with E-state index in [0.29, 0.717) is 12.1 Å². The number of carbonyl (C=O) groups is 2. The normalized spacial score (nSPS) is 18.4. The van der Waals surface area contributed by atoms with Gasteiger partial charge in [-0.05, 0) is 47.5 Å². The molecule has 0 saturated heterocycles. The summed E-state index contributed by atoms with van der Waals surface area (Å²) >= 11 is 18.5. The molecule has 1 N–H and O–H groups in total. The Hall–Kier alpha value is -2.61. The van der Waals surface area contributed by atoms with E-state index in [-0.39, 0.29) is 33.8 Å². The lowest BCUT2D eigenvalue weighted by Gasteiger charge is -2.10. The molecule has 0 heterocycles. The van der Waals surface area contributed by atoms with Crippen molar-refractivity contribution in [2.75, 3.05) is 5.32 Å². The molecule has 1 fully saturated rings. The molecule has 2 unspecified atom stereocenters. The summed E-state index contributed by atoms with van der Waals surface area (Å²) < 4.78 is 52.6. The molecular formula is C24H14Cl3F4NO2. The number of Topliss-reactive ketones (excluding diaryl/α,β-unsaturated/α-hetero) is 1. The smallest absolute Gasteiger partial charge is 0.231 e. The number of benzene rings is 3. The number of rotatable bonds is 6. The van der Waals surface area contributed by atoms with E-state index in [9.17, 15) is 27.2 Å². The van der Waals surface area contributed by atoms with Crippen LogP contribution in [0.2, 0.25) is 5.02 Å². The average Bonchev–Trinajstić information content (AvgIpc) is 3.33. The van der Waals surface area contributed by atoms with Crippen molar-refractivity contribution in [2.24, 2.45) is 5.92 Å². The first-order chi connectivity index (χ1) is 16.0. The molecule has 1 amide bonds. The number of amides is 1. The first-order valence-corrected chi connectivity index (χ1v) is 11.0. The van der Waals surface area contributed by atoms with Gasteiger partial charge in [0.05, 0.1) is 10.9 Å². The molecule has 1 aliphatic carbocycles. The molecule has 0 aliphatic heterocycles. The molecule has 3 nitrogen and oxygen atoms in total. The molecule has 3 aromatic rings. The molecule has 10 heteroatoms. The zero-order valence-electron chi connectivity index (χ0n) is 17.0. The minimum atomic E-state index is -1.59. The minimum absolute atomic E-state index is 0.00532. The van der Waals surface area contributed by atoms with Gasteiger partial charge in [-0.3, -0.25) is 9.59 Å². The Morgan fingerprint density at radius 3 is 2.21 bits per heavy atom. The molecule has 4 rings (SSSR count). The summed E-state index contributed by atoms with van der Waals surface area (Å²) in [5, 5.41) is 2.63. The molecule has 1 saturated carbocycles. The Bertz CT molecular complexity index is 1300. The van der Waals surface area contributed by atoms with Crippen LogP contribution in [-0.4, -0.2) is 16.0 Å². The number of hydrogen-bond donors (Lipinski definition) is 1. The molecule has 176 valence electrons. The molecular weight excluding hydrogens is 517 g/mol. The number of alkyl halides is 2. The highest BCUT2D eigenvalue weighted by atomic mass is 35.5. The number of nitrogens with one attached hydrogen (secondary N) is 1. The van der Waals surface area contributed by atoms with Gasteiger partial charge in [0, 0.05) is 35.7 Å². The third kappa shape index (κ3) is 4.92. The molecule has 1 aliphatic rings. The standard InChI is InChI=1S/C24H14Cl3F4NO2/c25-18-4-3-16(10-17(18)20(33)7-11-1-2-13(28)9-19(11)31)32-23(34)22-21(24(22,26)27)12-5-14(29)8-15(30)6-12/h1-6,8-10,21-22H,7H2,(H,32,34). The van der Waals surface area contributed by atoms with Crippen molar-refractivity contribution < 1.29 is 27.2 Å². The minimum Gasteiger partial charge on any atom is -0.326 e. The Kier molecular flexibility index (Phi) is 6.64. The largest absolute Gasteiger partial charge is 0.326 e. The zero-order chi connectivity index (χ0) is 24.8. The van der Waals surface area contributed by atoms with Crippen molar-refractivity contribution in [3.05, 3.63) is 99.6 Å². The van der Waals surface area contributed by atoms with Crippen molar-refractivity contribution in [1.29, 1.82) is 0 Å². The van der Waals surface area contributed by atoms with Gasteiger partial charge in [0.15, 0.2) is 5.78 Å². The Morgan fingerprint density at radius 1 is 0.882 bits per heavy atom. The summed E-state index contributed by atoms with van der Waals surface area (Å²) in [5.41, 5.74) is 0.299. The summed E-state index contributed by atoms with van der Waals surface area (Å²) in [5.74, 6) is -6.36. The Balaban J connectivity index is 1.52. The lowest BCUT2D eigenvalue weighted by atomic mass is 10.0. The number of hydrogen-bond acceptors (Lipinski definition) is 2. The van der Waals surface area contributed by atoms with Crippen LogP contribution in [0.25, 0.3) is 0 Å². The van der Waals surface area contributed by atoms with E-state index < -0.39 is 51.1 Å². The highest BCUT2D eigenvalue weighted by Gasteiger charge is 2.67. The Morgan fingerprint density at radius 2 is 1.56 bits per heavy atom. The van der Waals surface area contributed by atoms with E-state index in [1.165, 1.54) is 18.2 Å². The van der Waals surface area contributed by atoms with Crippen molar-refractivity contribution in [2.45, 2.75) is 16.7 Å². The zero-order valence-corrected chi connectivity index (χ0v) is 19.3. The predicted molar refractivity (Wildman–Crippen MR) is 122 cm³/mol. The first kappa shape index (κ1) is 24.5. The van der Waals surface area contributed by atoms with Gasteiger partial charge in [-0.2, -0.15) is 0 Å². The molecule has 2 atom stereocenters. The summed E-state index contributed by atoms with van der Waals surface area (Å²) in [6.07, 6.45) is -0.383. The van der Waals surface area contributed by atoms with Gasteiger partial charge in [0.2, 0.25) is 5.91 Å². The Labute approximate surface area is 206 Å². The lowest BCUT2D eigenvalue weighted by molar-refractivity contribution is -0.117. The van der Waals surface area contributed by atoms with Crippen LogP contribution in [0, 0.1) is 29.2 Å². The van der Waals surface area contributed by atoms with Gasteiger partial charge in [-0.1, -0.05) is 17.7 Å².